The quantitative estimate of drug-likeness (QED) is 0.755. The average Bonchev–Trinajstić information content (AvgIpc) is 3.04. The average molecular weight is 379 g/mol. The number of carbonyl (C=O) groups excluding carboxylic acids is 1. The molecule has 3 unspecified atom stereocenters. The third-order valence-corrected chi connectivity index (χ3v) is 7.44. The van der Waals surface area contributed by atoms with Crippen LogP contribution in [0, 0.1) is 11.8 Å². The van der Waals surface area contributed by atoms with E-state index in [0.29, 0.717) is 31.3 Å². The molecule has 2 aliphatic heterocycles. The molecular weight excluding hydrogens is 352 g/mol. The van der Waals surface area contributed by atoms with Gasteiger partial charge in [0.05, 0.1) is 6.04 Å². The van der Waals surface area contributed by atoms with E-state index in [1.54, 1.807) is 0 Å². The Labute approximate surface area is 147 Å². The van der Waals surface area contributed by atoms with Gasteiger partial charge in [-0.15, -0.1) is 0 Å². The van der Waals surface area contributed by atoms with Crippen molar-refractivity contribution in [2.45, 2.75) is 62.8 Å². The van der Waals surface area contributed by atoms with Crippen molar-refractivity contribution in [3.05, 3.63) is 0 Å². The predicted molar refractivity (Wildman–Crippen MR) is 89.5 cm³/mol. The van der Waals surface area contributed by atoms with E-state index < -0.39 is 15.8 Å². The summed E-state index contributed by atoms with van der Waals surface area (Å²) in [7, 11) is -4.48. The standard InChI is InChI=1S/C16H27F2N3O3S/c17-16(18)25(23,24)21-7-5-11(6-8-21)10-19-15(22)14-9-12-3-1-2-4-13(12)20-14/h11-14,16,20H,1-10H2,(H,19,22). The summed E-state index contributed by atoms with van der Waals surface area (Å²) in [4.78, 5) is 12.4. The zero-order chi connectivity index (χ0) is 18.0. The topological polar surface area (TPSA) is 78.5 Å². The molecule has 3 atom stereocenters. The van der Waals surface area contributed by atoms with Crippen LogP contribution in [0.25, 0.3) is 0 Å². The molecule has 3 rings (SSSR count). The maximum absolute atomic E-state index is 12.6. The van der Waals surface area contributed by atoms with Gasteiger partial charge in [-0.05, 0) is 43.9 Å². The van der Waals surface area contributed by atoms with Gasteiger partial charge in [-0.1, -0.05) is 12.8 Å². The van der Waals surface area contributed by atoms with Gasteiger partial charge in [-0.2, -0.15) is 13.1 Å². The van der Waals surface area contributed by atoms with Crippen LogP contribution in [0.5, 0.6) is 0 Å². The molecule has 25 heavy (non-hydrogen) atoms. The summed E-state index contributed by atoms with van der Waals surface area (Å²) in [6.45, 7) is 0.674. The minimum absolute atomic E-state index is 0.0111. The second kappa shape index (κ2) is 7.84. The predicted octanol–water partition coefficient (Wildman–Crippen LogP) is 1.29. The smallest absolute Gasteiger partial charge is 0.350 e. The molecule has 1 amide bonds. The van der Waals surface area contributed by atoms with E-state index in [2.05, 4.69) is 10.6 Å². The van der Waals surface area contributed by atoms with Crippen molar-refractivity contribution in [1.82, 2.24) is 14.9 Å². The fraction of sp³-hybridized carbons (Fsp3) is 0.938. The lowest BCUT2D eigenvalue weighted by molar-refractivity contribution is -0.123. The molecule has 0 radical (unpaired) electrons. The molecule has 6 nitrogen and oxygen atoms in total. The fourth-order valence-electron chi connectivity index (χ4n) is 4.37. The number of carbonyl (C=O) groups is 1. The maximum atomic E-state index is 12.6. The Hall–Kier alpha value is -0.800. The lowest BCUT2D eigenvalue weighted by Crippen LogP contribution is -2.46. The highest BCUT2D eigenvalue weighted by Crippen LogP contribution is 2.33. The highest BCUT2D eigenvalue weighted by atomic mass is 32.2. The Balaban J connectivity index is 1.41. The minimum Gasteiger partial charge on any atom is -0.354 e. The van der Waals surface area contributed by atoms with Crippen LogP contribution in [0.1, 0.15) is 44.9 Å². The molecular formula is C16H27F2N3O3S. The van der Waals surface area contributed by atoms with E-state index in [4.69, 9.17) is 0 Å². The van der Waals surface area contributed by atoms with Crippen LogP contribution in [-0.2, 0) is 14.8 Å². The molecule has 0 aromatic heterocycles. The zero-order valence-corrected chi connectivity index (χ0v) is 15.1. The molecule has 1 aliphatic carbocycles. The molecule has 2 heterocycles. The molecule has 3 aliphatic rings. The fourth-order valence-corrected chi connectivity index (χ4v) is 5.31. The summed E-state index contributed by atoms with van der Waals surface area (Å²) in [5.74, 6) is -2.61. The molecule has 1 saturated carbocycles. The van der Waals surface area contributed by atoms with Crippen molar-refractivity contribution in [1.29, 1.82) is 0 Å². The van der Waals surface area contributed by atoms with Crippen molar-refractivity contribution in [2.75, 3.05) is 19.6 Å². The van der Waals surface area contributed by atoms with Crippen LogP contribution < -0.4 is 10.6 Å². The first-order valence-electron chi connectivity index (χ1n) is 9.19. The third kappa shape index (κ3) is 4.31. The molecule has 2 saturated heterocycles. The number of hydrogen-bond acceptors (Lipinski definition) is 4. The van der Waals surface area contributed by atoms with Crippen LogP contribution in [0.2, 0.25) is 0 Å². The van der Waals surface area contributed by atoms with Gasteiger partial charge in [-0.3, -0.25) is 4.79 Å². The Bertz CT molecular complexity index is 565. The molecule has 0 aromatic rings. The van der Waals surface area contributed by atoms with Crippen molar-refractivity contribution in [3.63, 3.8) is 0 Å². The van der Waals surface area contributed by atoms with E-state index in [-0.39, 0.29) is 31.0 Å². The number of piperidine rings is 1. The monoisotopic (exact) mass is 379 g/mol. The summed E-state index contributed by atoms with van der Waals surface area (Å²) in [5, 5.41) is 6.40. The highest BCUT2D eigenvalue weighted by Gasteiger charge is 2.38. The number of halogens is 2. The van der Waals surface area contributed by atoms with Gasteiger partial charge in [0.2, 0.25) is 5.91 Å². The van der Waals surface area contributed by atoms with Crippen molar-refractivity contribution < 1.29 is 22.0 Å². The van der Waals surface area contributed by atoms with Gasteiger partial charge in [0.15, 0.2) is 0 Å². The Morgan fingerprint density at radius 1 is 1.16 bits per heavy atom. The number of rotatable bonds is 5. The SMILES string of the molecule is O=C(NCC1CCN(S(=O)(=O)C(F)F)CC1)C1CC2CCCCC2N1. The lowest BCUT2D eigenvalue weighted by atomic mass is 9.85. The second-order valence-corrected chi connectivity index (χ2v) is 9.40. The van der Waals surface area contributed by atoms with E-state index >= 15 is 0 Å². The Morgan fingerprint density at radius 3 is 2.48 bits per heavy atom. The van der Waals surface area contributed by atoms with E-state index in [1.807, 2.05) is 0 Å². The molecule has 0 aromatic carbocycles. The third-order valence-electron chi connectivity index (χ3n) is 5.90. The number of nitrogens with one attached hydrogen (secondary N) is 2. The largest absolute Gasteiger partial charge is 0.354 e. The van der Waals surface area contributed by atoms with Gasteiger partial charge in [0, 0.05) is 25.7 Å². The summed E-state index contributed by atoms with van der Waals surface area (Å²) in [6.07, 6.45) is 6.69. The van der Waals surface area contributed by atoms with Crippen molar-refractivity contribution in [2.24, 2.45) is 11.8 Å². The first kappa shape index (κ1) is 19.0. The summed E-state index contributed by atoms with van der Waals surface area (Å²) >= 11 is 0. The number of alkyl halides is 2. The zero-order valence-electron chi connectivity index (χ0n) is 14.3. The van der Waals surface area contributed by atoms with Gasteiger partial charge in [0.25, 0.3) is 10.0 Å². The maximum Gasteiger partial charge on any atom is 0.350 e. The van der Waals surface area contributed by atoms with Crippen LogP contribution in [0.4, 0.5) is 8.78 Å². The molecule has 144 valence electrons. The molecule has 0 spiro atoms. The van der Waals surface area contributed by atoms with Crippen molar-refractivity contribution >= 4 is 15.9 Å². The number of sulfonamides is 1. The number of hydrogen-bond donors (Lipinski definition) is 2. The first-order chi connectivity index (χ1) is 11.9. The Kier molecular flexibility index (Phi) is 5.95. The van der Waals surface area contributed by atoms with Gasteiger partial charge in [0.1, 0.15) is 0 Å². The van der Waals surface area contributed by atoms with E-state index in [9.17, 15) is 22.0 Å². The number of fused-ring (bicyclic) bond motifs is 1. The van der Waals surface area contributed by atoms with Crippen LogP contribution >= 0.6 is 0 Å². The molecule has 0 bridgehead atoms. The molecule has 2 N–H and O–H groups in total. The second-order valence-electron chi connectivity index (χ2n) is 7.50. The van der Waals surface area contributed by atoms with E-state index in [1.165, 1.54) is 19.3 Å². The summed E-state index contributed by atoms with van der Waals surface area (Å²) in [6, 6.07) is 0.333. The minimum atomic E-state index is -4.48. The van der Waals surface area contributed by atoms with Gasteiger partial charge < -0.3 is 10.6 Å². The summed E-state index contributed by atoms with van der Waals surface area (Å²) < 4.78 is 48.9. The van der Waals surface area contributed by atoms with Crippen LogP contribution in [-0.4, -0.2) is 56.1 Å². The Morgan fingerprint density at radius 2 is 1.84 bits per heavy atom. The van der Waals surface area contributed by atoms with Crippen LogP contribution in [0.15, 0.2) is 0 Å². The van der Waals surface area contributed by atoms with Crippen molar-refractivity contribution in [3.8, 4) is 0 Å². The van der Waals surface area contributed by atoms with Gasteiger partial charge >= 0.3 is 5.76 Å². The number of nitrogens with zero attached hydrogens (tertiary/aromatic N) is 1. The molecule has 3 fully saturated rings. The molecule has 9 heteroatoms. The van der Waals surface area contributed by atoms with Crippen LogP contribution in [0.3, 0.4) is 0 Å². The van der Waals surface area contributed by atoms with E-state index in [0.717, 1.165) is 17.1 Å². The normalized spacial score (nSPS) is 31.9. The highest BCUT2D eigenvalue weighted by molar-refractivity contribution is 7.89. The first-order valence-corrected chi connectivity index (χ1v) is 10.7. The number of amides is 1. The summed E-state index contributed by atoms with van der Waals surface area (Å²) in [5.41, 5.74) is 0. The van der Waals surface area contributed by atoms with Gasteiger partial charge in [-0.25, -0.2) is 8.42 Å². The lowest BCUT2D eigenvalue weighted by Gasteiger charge is -2.31.